The van der Waals surface area contributed by atoms with Gasteiger partial charge in [-0.1, -0.05) is 19.9 Å². The Morgan fingerprint density at radius 1 is 1.31 bits per heavy atom. The number of anilines is 1. The molecule has 0 atom stereocenters. The summed E-state index contributed by atoms with van der Waals surface area (Å²) in [5.74, 6) is 0.326. The van der Waals surface area contributed by atoms with E-state index in [1.807, 2.05) is 19.9 Å². The first-order chi connectivity index (χ1) is 13.7. The number of halogens is 2. The molecule has 0 spiro atoms. The molecule has 0 saturated heterocycles. The van der Waals surface area contributed by atoms with Crippen LogP contribution in [0.3, 0.4) is 0 Å². The quantitative estimate of drug-likeness (QED) is 0.217. The van der Waals surface area contributed by atoms with Gasteiger partial charge in [0.05, 0.1) is 20.5 Å². The Morgan fingerprint density at radius 3 is 2.52 bits per heavy atom. The minimum Gasteiger partial charge on any atom is -0.491 e. The Balaban J connectivity index is 2.25. The number of hydrogen-bond acceptors (Lipinski definition) is 5. The van der Waals surface area contributed by atoms with Gasteiger partial charge in [-0.2, -0.15) is 5.26 Å². The van der Waals surface area contributed by atoms with Crippen LogP contribution in [0.2, 0.25) is 0 Å². The van der Waals surface area contributed by atoms with E-state index in [-0.39, 0.29) is 16.9 Å². The third-order valence-corrected chi connectivity index (χ3v) is 4.75. The molecular formula is C20H17Br2N3O4. The summed E-state index contributed by atoms with van der Waals surface area (Å²) in [6, 6.07) is 10.8. The smallest absolute Gasteiger partial charge is 0.271 e. The molecule has 1 amide bonds. The number of nitrogens with zero attached hydrogens (tertiary/aromatic N) is 2. The second kappa shape index (κ2) is 10.2. The van der Waals surface area contributed by atoms with Crippen molar-refractivity contribution in [2.24, 2.45) is 5.92 Å². The van der Waals surface area contributed by atoms with Gasteiger partial charge in [0.1, 0.15) is 17.4 Å². The lowest BCUT2D eigenvalue weighted by atomic mass is 10.1. The largest absolute Gasteiger partial charge is 0.491 e. The summed E-state index contributed by atoms with van der Waals surface area (Å²) in [6.45, 7) is 4.62. The van der Waals surface area contributed by atoms with Crippen molar-refractivity contribution in [2.45, 2.75) is 13.8 Å². The summed E-state index contributed by atoms with van der Waals surface area (Å²) in [5, 5.41) is 22.7. The highest BCUT2D eigenvalue weighted by atomic mass is 79.9. The molecule has 9 heteroatoms. The van der Waals surface area contributed by atoms with Crippen LogP contribution >= 0.6 is 31.9 Å². The zero-order valence-electron chi connectivity index (χ0n) is 15.6. The number of hydrogen-bond donors (Lipinski definition) is 1. The van der Waals surface area contributed by atoms with E-state index in [0.29, 0.717) is 32.8 Å². The molecule has 0 heterocycles. The Kier molecular flexibility index (Phi) is 7.93. The lowest BCUT2D eigenvalue weighted by Crippen LogP contribution is -2.13. The lowest BCUT2D eigenvalue weighted by Gasteiger charge is -2.13. The first kappa shape index (κ1) is 22.6. The fourth-order valence-electron chi connectivity index (χ4n) is 2.26. The van der Waals surface area contributed by atoms with Crippen molar-refractivity contribution in [1.29, 1.82) is 5.26 Å². The molecule has 2 aromatic carbocycles. The van der Waals surface area contributed by atoms with E-state index in [0.717, 1.165) is 0 Å². The maximum atomic E-state index is 12.4. The Morgan fingerprint density at radius 2 is 1.97 bits per heavy atom. The third-order valence-electron chi connectivity index (χ3n) is 3.57. The van der Waals surface area contributed by atoms with Gasteiger partial charge in [0.15, 0.2) is 0 Å². The summed E-state index contributed by atoms with van der Waals surface area (Å²) in [7, 11) is 0. The SMILES string of the molecule is CC(C)COc1c(Br)cc(/C=C(\C#N)C(=O)Nc2cccc([N+](=O)[O-])c2)cc1Br. The number of non-ortho nitro benzene ring substituents is 1. The zero-order valence-corrected chi connectivity index (χ0v) is 18.8. The molecule has 2 aromatic rings. The van der Waals surface area contributed by atoms with Crippen LogP contribution in [0.15, 0.2) is 50.9 Å². The van der Waals surface area contributed by atoms with Crippen molar-refractivity contribution in [1.82, 2.24) is 0 Å². The van der Waals surface area contributed by atoms with E-state index in [4.69, 9.17) is 4.74 Å². The molecule has 0 radical (unpaired) electrons. The number of carbonyl (C=O) groups is 1. The maximum Gasteiger partial charge on any atom is 0.271 e. The van der Waals surface area contributed by atoms with E-state index in [1.54, 1.807) is 12.1 Å². The van der Waals surface area contributed by atoms with Crippen molar-refractivity contribution in [3.63, 3.8) is 0 Å². The first-order valence-corrected chi connectivity index (χ1v) is 10.1. The summed E-state index contributed by atoms with van der Waals surface area (Å²) in [5.41, 5.74) is 0.526. The standard InChI is InChI=1S/C20H17Br2N3O4/c1-12(2)11-29-19-17(21)7-13(8-18(19)22)6-14(10-23)20(26)24-15-4-3-5-16(9-15)25(27)28/h3-9,12H,11H2,1-2H3,(H,24,26)/b14-6+. The van der Waals surface area contributed by atoms with Crippen LogP contribution in [0.5, 0.6) is 5.75 Å². The monoisotopic (exact) mass is 521 g/mol. The summed E-state index contributed by atoms with van der Waals surface area (Å²) < 4.78 is 7.11. The van der Waals surface area contributed by atoms with Gasteiger partial charge in [0, 0.05) is 17.8 Å². The minimum atomic E-state index is -0.666. The molecule has 7 nitrogen and oxygen atoms in total. The molecule has 29 heavy (non-hydrogen) atoms. The summed E-state index contributed by atoms with van der Waals surface area (Å²) in [4.78, 5) is 22.7. The van der Waals surface area contributed by atoms with Crippen LogP contribution in [-0.4, -0.2) is 17.4 Å². The second-order valence-corrected chi connectivity index (χ2v) is 8.16. The van der Waals surface area contributed by atoms with Crippen LogP contribution in [0.4, 0.5) is 11.4 Å². The molecule has 0 fully saturated rings. The number of benzene rings is 2. The van der Waals surface area contributed by atoms with Crippen molar-refractivity contribution >= 4 is 55.2 Å². The van der Waals surface area contributed by atoms with Gasteiger partial charge in [-0.3, -0.25) is 14.9 Å². The van der Waals surface area contributed by atoms with E-state index in [1.165, 1.54) is 30.3 Å². The summed E-state index contributed by atoms with van der Waals surface area (Å²) in [6.07, 6.45) is 1.43. The van der Waals surface area contributed by atoms with Gasteiger partial charge < -0.3 is 10.1 Å². The molecule has 150 valence electrons. The van der Waals surface area contributed by atoms with Gasteiger partial charge in [0.25, 0.3) is 11.6 Å². The van der Waals surface area contributed by atoms with E-state index < -0.39 is 10.8 Å². The van der Waals surface area contributed by atoms with Gasteiger partial charge in [-0.05, 0) is 67.6 Å². The molecule has 0 aliphatic heterocycles. The van der Waals surface area contributed by atoms with Gasteiger partial charge in [0.2, 0.25) is 0 Å². The Bertz CT molecular complexity index is 990. The lowest BCUT2D eigenvalue weighted by molar-refractivity contribution is -0.384. The number of amides is 1. The van der Waals surface area contributed by atoms with Crippen LogP contribution in [0.1, 0.15) is 19.4 Å². The number of nitro groups is 1. The van der Waals surface area contributed by atoms with E-state index in [2.05, 4.69) is 37.2 Å². The molecule has 0 saturated carbocycles. The molecule has 0 aliphatic carbocycles. The highest BCUT2D eigenvalue weighted by Crippen LogP contribution is 2.35. The van der Waals surface area contributed by atoms with Crippen LogP contribution < -0.4 is 10.1 Å². The number of nitriles is 1. The number of carbonyl (C=O) groups excluding carboxylic acids is 1. The number of ether oxygens (including phenoxy) is 1. The number of nitro benzene ring substituents is 1. The van der Waals surface area contributed by atoms with Crippen LogP contribution in [0, 0.1) is 27.4 Å². The zero-order chi connectivity index (χ0) is 21.6. The minimum absolute atomic E-state index is 0.147. The van der Waals surface area contributed by atoms with Crippen LogP contribution in [0.25, 0.3) is 6.08 Å². The second-order valence-electron chi connectivity index (χ2n) is 6.45. The average molecular weight is 523 g/mol. The average Bonchev–Trinajstić information content (AvgIpc) is 2.65. The van der Waals surface area contributed by atoms with Crippen molar-refractivity contribution in [3.8, 4) is 11.8 Å². The molecular weight excluding hydrogens is 506 g/mol. The maximum absolute atomic E-state index is 12.4. The van der Waals surface area contributed by atoms with Gasteiger partial charge in [-0.25, -0.2) is 0 Å². The third kappa shape index (κ3) is 6.41. The van der Waals surface area contributed by atoms with Crippen molar-refractivity contribution in [2.75, 3.05) is 11.9 Å². The molecule has 1 N–H and O–H groups in total. The van der Waals surface area contributed by atoms with Crippen molar-refractivity contribution in [3.05, 3.63) is 66.6 Å². The highest BCUT2D eigenvalue weighted by molar-refractivity contribution is 9.11. The van der Waals surface area contributed by atoms with Crippen LogP contribution in [-0.2, 0) is 4.79 Å². The summed E-state index contributed by atoms with van der Waals surface area (Å²) >= 11 is 6.88. The molecule has 0 aliphatic rings. The fourth-order valence-corrected chi connectivity index (χ4v) is 3.71. The first-order valence-electron chi connectivity index (χ1n) is 8.50. The van der Waals surface area contributed by atoms with Gasteiger partial charge >= 0.3 is 0 Å². The normalized spacial score (nSPS) is 11.1. The predicted octanol–water partition coefficient (Wildman–Crippen LogP) is 5.70. The predicted molar refractivity (Wildman–Crippen MR) is 117 cm³/mol. The molecule has 0 aromatic heterocycles. The molecule has 0 unspecified atom stereocenters. The molecule has 0 bridgehead atoms. The highest BCUT2D eigenvalue weighted by Gasteiger charge is 2.14. The van der Waals surface area contributed by atoms with E-state index >= 15 is 0 Å². The van der Waals surface area contributed by atoms with E-state index in [9.17, 15) is 20.2 Å². The Hall–Kier alpha value is -2.70. The fraction of sp³-hybridized carbons (Fsp3) is 0.200. The van der Waals surface area contributed by atoms with Gasteiger partial charge in [-0.15, -0.1) is 0 Å². The van der Waals surface area contributed by atoms with Crippen molar-refractivity contribution < 1.29 is 14.5 Å². The number of rotatable bonds is 7. The number of nitrogens with one attached hydrogen (secondary N) is 1. The molecule has 2 rings (SSSR count). The Labute approximate surface area is 184 Å². The topological polar surface area (TPSA) is 105 Å².